The average Bonchev–Trinajstić information content (AvgIpc) is 2.97. The number of hydrogen-bond donors (Lipinski definition) is 0. The third kappa shape index (κ3) is 6.59. The van der Waals surface area contributed by atoms with Gasteiger partial charge in [0.25, 0.3) is 0 Å². The molecule has 0 N–H and O–H groups in total. The van der Waals surface area contributed by atoms with E-state index in [4.69, 9.17) is 0 Å². The van der Waals surface area contributed by atoms with Gasteiger partial charge in [-0.15, -0.1) is 0 Å². The quantitative estimate of drug-likeness (QED) is 0.154. The van der Waals surface area contributed by atoms with Crippen molar-refractivity contribution in [1.82, 2.24) is 0 Å². The van der Waals surface area contributed by atoms with E-state index < -0.39 is 0 Å². The molecule has 0 aromatic heterocycles. The maximum Gasteiger partial charge on any atom is -0.0151 e. The van der Waals surface area contributed by atoms with E-state index in [0.29, 0.717) is 23.7 Å². The van der Waals surface area contributed by atoms with E-state index in [2.05, 4.69) is 125 Å². The highest BCUT2D eigenvalue weighted by atomic mass is 14.4. The van der Waals surface area contributed by atoms with Crippen LogP contribution in [0.5, 0.6) is 0 Å². The summed E-state index contributed by atoms with van der Waals surface area (Å²) in [6.07, 6.45) is 11.1. The summed E-state index contributed by atoms with van der Waals surface area (Å²) in [5, 5.41) is 0. The second kappa shape index (κ2) is 12.6. The van der Waals surface area contributed by atoms with Gasteiger partial charge in [-0.1, -0.05) is 125 Å². The van der Waals surface area contributed by atoms with E-state index in [1.54, 1.807) is 27.8 Å². The molecule has 0 aliphatic heterocycles. The second-order valence-corrected chi connectivity index (χ2v) is 14.3. The summed E-state index contributed by atoms with van der Waals surface area (Å²) in [6, 6.07) is 37.5. The molecule has 0 nitrogen and oxygen atoms in total. The third-order valence-electron chi connectivity index (χ3n) is 10.7. The summed E-state index contributed by atoms with van der Waals surface area (Å²) >= 11 is 0. The Bertz CT molecular complexity index is 1460. The molecule has 0 heterocycles. The predicted octanol–water partition coefficient (Wildman–Crippen LogP) is 11.3. The molecule has 42 heavy (non-hydrogen) atoms. The fourth-order valence-corrected chi connectivity index (χ4v) is 7.98. The lowest BCUT2D eigenvalue weighted by atomic mass is 9.69. The molecule has 0 heteroatoms. The van der Waals surface area contributed by atoms with Gasteiger partial charge < -0.3 is 0 Å². The van der Waals surface area contributed by atoms with Crippen LogP contribution in [0, 0.1) is 5.41 Å². The van der Waals surface area contributed by atoms with Gasteiger partial charge in [0.15, 0.2) is 0 Å². The maximum absolute atomic E-state index is 2.54. The van der Waals surface area contributed by atoms with Gasteiger partial charge in [-0.3, -0.25) is 0 Å². The number of aryl methyl sites for hydroxylation is 4. The molecule has 0 fully saturated rings. The van der Waals surface area contributed by atoms with Gasteiger partial charge in [0.05, 0.1) is 0 Å². The summed E-state index contributed by atoms with van der Waals surface area (Å²) in [5.74, 6) is 2.27. The van der Waals surface area contributed by atoms with E-state index in [0.717, 1.165) is 0 Å². The minimum atomic E-state index is 0.222. The smallest absolute Gasteiger partial charge is 0.0151 e. The molecule has 218 valence electrons. The van der Waals surface area contributed by atoms with E-state index in [1.807, 2.05) is 0 Å². The third-order valence-corrected chi connectivity index (χ3v) is 10.7. The van der Waals surface area contributed by atoms with Crippen LogP contribution in [-0.4, -0.2) is 0 Å². The van der Waals surface area contributed by atoms with Gasteiger partial charge in [0, 0.05) is 0 Å². The zero-order chi connectivity index (χ0) is 29.1. The molecular weight excluding hydrogens is 504 g/mol. The molecule has 0 saturated heterocycles. The summed E-state index contributed by atoms with van der Waals surface area (Å²) < 4.78 is 0. The molecule has 2 aliphatic carbocycles. The van der Waals surface area contributed by atoms with Gasteiger partial charge in [-0.25, -0.2) is 0 Å². The highest BCUT2D eigenvalue weighted by molar-refractivity contribution is 5.41. The van der Waals surface area contributed by atoms with Crippen molar-refractivity contribution in [2.24, 2.45) is 5.41 Å². The van der Waals surface area contributed by atoms with Gasteiger partial charge >= 0.3 is 0 Å². The van der Waals surface area contributed by atoms with E-state index in [-0.39, 0.29) is 5.41 Å². The van der Waals surface area contributed by atoms with Gasteiger partial charge in [0.1, 0.15) is 0 Å². The van der Waals surface area contributed by atoms with Gasteiger partial charge in [-0.05, 0) is 131 Å². The largest absolute Gasteiger partial charge is 0.0648 e. The maximum atomic E-state index is 2.54. The van der Waals surface area contributed by atoms with Crippen molar-refractivity contribution < 1.29 is 0 Å². The lowest BCUT2D eigenvalue weighted by Gasteiger charge is -2.36. The number of fused-ring (bicyclic) bond motifs is 2. The van der Waals surface area contributed by atoms with Crippen LogP contribution in [-0.2, 0) is 25.7 Å². The molecule has 0 radical (unpaired) electrons. The molecule has 0 spiro atoms. The minimum absolute atomic E-state index is 0.222. The Morgan fingerprint density at radius 2 is 1.00 bits per heavy atom. The summed E-state index contributed by atoms with van der Waals surface area (Å²) in [7, 11) is 0. The zero-order valence-electron chi connectivity index (χ0n) is 26.4. The van der Waals surface area contributed by atoms with Crippen molar-refractivity contribution in [3.8, 4) is 0 Å². The molecular formula is C42H50. The summed E-state index contributed by atoms with van der Waals surface area (Å²) in [5.41, 5.74) is 12.6. The molecule has 4 aromatic rings. The lowest BCUT2D eigenvalue weighted by molar-refractivity contribution is 0.241. The van der Waals surface area contributed by atoms with Crippen molar-refractivity contribution in [3.05, 3.63) is 142 Å². The van der Waals surface area contributed by atoms with Crippen LogP contribution in [0.2, 0.25) is 0 Å². The molecule has 2 aliphatic rings. The molecule has 4 atom stereocenters. The fourth-order valence-electron chi connectivity index (χ4n) is 7.98. The molecule has 0 saturated carbocycles. The molecule has 4 unspecified atom stereocenters. The van der Waals surface area contributed by atoms with Crippen molar-refractivity contribution in [1.29, 1.82) is 0 Å². The first-order valence-electron chi connectivity index (χ1n) is 16.7. The molecule has 4 aromatic carbocycles. The van der Waals surface area contributed by atoms with Crippen LogP contribution in [0.25, 0.3) is 0 Å². The number of rotatable bonds is 13. The van der Waals surface area contributed by atoms with Gasteiger partial charge in [-0.2, -0.15) is 0 Å². The van der Waals surface area contributed by atoms with Gasteiger partial charge in [0.2, 0.25) is 0 Å². The first-order valence-corrected chi connectivity index (χ1v) is 16.7. The van der Waals surface area contributed by atoms with Crippen LogP contribution >= 0.6 is 0 Å². The standard InChI is InChI=1S/C42H50/c1-5-31(37-21-17-35-19-23-39(35)27-37)25-41(33-14-10-7-11-15-33)29-42(3,4)28-40(32-12-8-6-9-13-32)24-30(2)36-20-16-34-18-22-38(34)26-36/h6-17,20-21,26-27,30-31,40-41H,5,18-19,22-25,28-29H2,1-4H3. The van der Waals surface area contributed by atoms with E-state index >= 15 is 0 Å². The van der Waals surface area contributed by atoms with Crippen molar-refractivity contribution in [3.63, 3.8) is 0 Å². The van der Waals surface area contributed by atoms with Crippen LogP contribution < -0.4 is 0 Å². The van der Waals surface area contributed by atoms with Crippen LogP contribution in [0.4, 0.5) is 0 Å². The number of benzene rings is 4. The normalized spacial score (nSPS) is 16.8. The Labute approximate surface area is 255 Å². The van der Waals surface area contributed by atoms with Crippen molar-refractivity contribution in [2.45, 2.75) is 109 Å². The van der Waals surface area contributed by atoms with Crippen LogP contribution in [0.15, 0.2) is 97.1 Å². The predicted molar refractivity (Wildman–Crippen MR) is 180 cm³/mol. The number of hydrogen-bond acceptors (Lipinski definition) is 0. The van der Waals surface area contributed by atoms with Crippen LogP contribution in [0.3, 0.4) is 0 Å². The average molecular weight is 555 g/mol. The summed E-state index contributed by atoms with van der Waals surface area (Å²) in [4.78, 5) is 0. The zero-order valence-corrected chi connectivity index (χ0v) is 26.4. The van der Waals surface area contributed by atoms with Crippen LogP contribution in [0.1, 0.15) is 128 Å². The molecule has 0 amide bonds. The highest BCUT2D eigenvalue weighted by Crippen LogP contribution is 2.46. The second-order valence-electron chi connectivity index (χ2n) is 14.3. The first kappa shape index (κ1) is 29.0. The highest BCUT2D eigenvalue weighted by Gasteiger charge is 2.31. The Kier molecular flexibility index (Phi) is 8.71. The Balaban J connectivity index is 1.22. The summed E-state index contributed by atoms with van der Waals surface area (Å²) in [6.45, 7) is 9.93. The van der Waals surface area contributed by atoms with E-state index in [9.17, 15) is 0 Å². The lowest BCUT2D eigenvalue weighted by Crippen LogP contribution is -2.22. The molecule has 6 rings (SSSR count). The first-order chi connectivity index (χ1) is 20.4. The van der Waals surface area contributed by atoms with Crippen molar-refractivity contribution in [2.75, 3.05) is 0 Å². The van der Waals surface area contributed by atoms with Crippen molar-refractivity contribution >= 4 is 0 Å². The SMILES string of the molecule is CCC(CC(CC(C)(C)CC(CC(C)c1ccc2c(c1)CC2)c1ccccc1)c1ccccc1)c1ccc2c(c1)CC2. The fraction of sp³-hybridized carbons (Fsp3) is 0.429. The Morgan fingerprint density at radius 3 is 1.48 bits per heavy atom. The molecule has 0 bridgehead atoms. The Morgan fingerprint density at radius 1 is 0.524 bits per heavy atom. The Hall–Kier alpha value is -3.12. The monoisotopic (exact) mass is 554 g/mol. The minimum Gasteiger partial charge on any atom is -0.0648 e. The van der Waals surface area contributed by atoms with E-state index in [1.165, 1.54) is 74.5 Å². The topological polar surface area (TPSA) is 0 Å².